The maximum atomic E-state index is 13.4. The van der Waals surface area contributed by atoms with Crippen LogP contribution in [0.15, 0.2) is 36.4 Å². The number of rotatable bonds is 3. The molecule has 1 N–H and O–H groups in total. The minimum Gasteiger partial charge on any atom is -0.378 e. The molecule has 0 bridgehead atoms. The first kappa shape index (κ1) is 12.8. The molecule has 0 unspecified atom stereocenters. The number of hydrogen-bond acceptors (Lipinski definition) is 1. The van der Waals surface area contributed by atoms with Gasteiger partial charge in [-0.3, -0.25) is 0 Å². The van der Waals surface area contributed by atoms with E-state index in [1.165, 1.54) is 18.2 Å². The second-order valence-corrected chi connectivity index (χ2v) is 4.09. The van der Waals surface area contributed by atoms with E-state index in [4.69, 9.17) is 11.6 Å². The number of halogens is 4. The Bertz CT molecular complexity index is 552. The van der Waals surface area contributed by atoms with E-state index >= 15 is 0 Å². The zero-order valence-electron chi connectivity index (χ0n) is 9.18. The number of anilines is 1. The lowest BCUT2D eigenvalue weighted by Crippen LogP contribution is -2.04. The first-order valence-electron chi connectivity index (χ1n) is 5.20. The van der Waals surface area contributed by atoms with Crippen LogP contribution in [0.5, 0.6) is 0 Å². The van der Waals surface area contributed by atoms with Crippen LogP contribution in [0.25, 0.3) is 0 Å². The van der Waals surface area contributed by atoms with Gasteiger partial charge in [0.2, 0.25) is 0 Å². The number of hydrogen-bond donors (Lipinski definition) is 1. The van der Waals surface area contributed by atoms with E-state index in [9.17, 15) is 13.2 Å². The number of nitrogens with one attached hydrogen (secondary N) is 1. The summed E-state index contributed by atoms with van der Waals surface area (Å²) in [6.07, 6.45) is 0. The Hall–Kier alpha value is -1.68. The maximum absolute atomic E-state index is 13.4. The van der Waals surface area contributed by atoms with Crippen molar-refractivity contribution in [2.45, 2.75) is 6.54 Å². The van der Waals surface area contributed by atoms with Crippen molar-refractivity contribution in [3.63, 3.8) is 0 Å². The largest absolute Gasteiger partial charge is 0.378 e. The summed E-state index contributed by atoms with van der Waals surface area (Å²) in [7, 11) is 0. The molecule has 18 heavy (non-hydrogen) atoms. The zero-order chi connectivity index (χ0) is 13.1. The van der Waals surface area contributed by atoms with Crippen molar-refractivity contribution in [3.05, 3.63) is 64.4 Å². The second kappa shape index (κ2) is 5.31. The molecule has 0 aromatic heterocycles. The molecule has 0 saturated carbocycles. The summed E-state index contributed by atoms with van der Waals surface area (Å²) in [6.45, 7) is -0.0219. The van der Waals surface area contributed by atoms with Gasteiger partial charge in [0.25, 0.3) is 0 Å². The van der Waals surface area contributed by atoms with Crippen molar-refractivity contribution in [3.8, 4) is 0 Å². The Morgan fingerprint density at radius 2 is 1.78 bits per heavy atom. The van der Waals surface area contributed by atoms with Crippen molar-refractivity contribution in [2.24, 2.45) is 0 Å². The van der Waals surface area contributed by atoms with Crippen molar-refractivity contribution in [1.82, 2.24) is 0 Å². The van der Waals surface area contributed by atoms with Gasteiger partial charge in [0, 0.05) is 17.1 Å². The van der Waals surface area contributed by atoms with Crippen LogP contribution in [0.2, 0.25) is 5.02 Å². The van der Waals surface area contributed by atoms with Crippen LogP contribution >= 0.6 is 11.6 Å². The molecule has 0 aliphatic heterocycles. The van der Waals surface area contributed by atoms with E-state index < -0.39 is 17.5 Å². The molecule has 94 valence electrons. The minimum atomic E-state index is -0.608. The van der Waals surface area contributed by atoms with Gasteiger partial charge in [-0.25, -0.2) is 13.2 Å². The summed E-state index contributed by atoms with van der Waals surface area (Å²) >= 11 is 5.82. The van der Waals surface area contributed by atoms with Crippen LogP contribution in [-0.4, -0.2) is 0 Å². The van der Waals surface area contributed by atoms with Gasteiger partial charge in [0.05, 0.1) is 5.69 Å². The Kier molecular flexibility index (Phi) is 3.77. The van der Waals surface area contributed by atoms with E-state index in [1.807, 2.05) is 0 Å². The molecule has 0 amide bonds. The zero-order valence-corrected chi connectivity index (χ0v) is 9.94. The monoisotopic (exact) mass is 271 g/mol. The molecule has 2 aromatic carbocycles. The molecule has 0 spiro atoms. The predicted molar refractivity (Wildman–Crippen MR) is 65.1 cm³/mol. The van der Waals surface area contributed by atoms with E-state index in [0.717, 1.165) is 18.2 Å². The molecule has 2 rings (SSSR count). The van der Waals surface area contributed by atoms with Gasteiger partial charge < -0.3 is 5.32 Å². The van der Waals surface area contributed by atoms with Crippen molar-refractivity contribution in [1.29, 1.82) is 0 Å². The summed E-state index contributed by atoms with van der Waals surface area (Å²) in [4.78, 5) is 0. The van der Waals surface area contributed by atoms with Crippen LogP contribution in [-0.2, 0) is 6.54 Å². The van der Waals surface area contributed by atoms with Gasteiger partial charge in [-0.1, -0.05) is 17.7 Å². The molecule has 0 radical (unpaired) electrons. The maximum Gasteiger partial charge on any atom is 0.146 e. The fourth-order valence-electron chi connectivity index (χ4n) is 1.52. The average Bonchev–Trinajstić information content (AvgIpc) is 2.33. The van der Waals surface area contributed by atoms with E-state index in [-0.39, 0.29) is 22.8 Å². The predicted octanol–water partition coefficient (Wildman–Crippen LogP) is 4.37. The lowest BCUT2D eigenvalue weighted by Gasteiger charge is -2.09. The molecule has 0 aliphatic rings. The minimum absolute atomic E-state index is 0.0219. The highest BCUT2D eigenvalue weighted by atomic mass is 35.5. The third kappa shape index (κ3) is 2.76. The van der Waals surface area contributed by atoms with Gasteiger partial charge in [0.15, 0.2) is 0 Å². The average molecular weight is 272 g/mol. The van der Waals surface area contributed by atoms with Gasteiger partial charge in [-0.05, 0) is 30.3 Å². The summed E-state index contributed by atoms with van der Waals surface area (Å²) in [6, 6.07) is 7.28. The molecular weight excluding hydrogens is 263 g/mol. The Morgan fingerprint density at radius 1 is 1.00 bits per heavy atom. The molecule has 0 fully saturated rings. The lowest BCUT2D eigenvalue weighted by atomic mass is 10.2. The topological polar surface area (TPSA) is 12.0 Å². The Balaban J connectivity index is 2.19. The summed E-state index contributed by atoms with van der Waals surface area (Å²) in [5.41, 5.74) is 0.178. The third-order valence-electron chi connectivity index (χ3n) is 2.45. The standard InChI is InChI=1S/C13H9ClF3N/c14-10-2-1-3-11(16)9(10)7-18-13-6-8(15)4-5-12(13)17/h1-6,18H,7H2. The van der Waals surface area contributed by atoms with Crippen LogP contribution in [0.1, 0.15) is 5.56 Å². The number of benzene rings is 2. The van der Waals surface area contributed by atoms with Crippen LogP contribution < -0.4 is 5.32 Å². The Labute approximate surface area is 107 Å². The second-order valence-electron chi connectivity index (χ2n) is 3.68. The van der Waals surface area contributed by atoms with Gasteiger partial charge in [-0.15, -0.1) is 0 Å². The highest BCUT2D eigenvalue weighted by Crippen LogP contribution is 2.22. The molecule has 0 aliphatic carbocycles. The summed E-state index contributed by atoms with van der Waals surface area (Å²) in [5.74, 6) is -1.67. The normalized spacial score (nSPS) is 10.4. The lowest BCUT2D eigenvalue weighted by molar-refractivity contribution is 0.599. The van der Waals surface area contributed by atoms with Gasteiger partial charge in [0.1, 0.15) is 17.5 Å². The molecule has 0 saturated heterocycles. The van der Waals surface area contributed by atoms with Crippen LogP contribution in [0, 0.1) is 17.5 Å². The van der Waals surface area contributed by atoms with Crippen molar-refractivity contribution < 1.29 is 13.2 Å². The van der Waals surface area contributed by atoms with Crippen molar-refractivity contribution in [2.75, 3.05) is 5.32 Å². The molecule has 2 aromatic rings. The fourth-order valence-corrected chi connectivity index (χ4v) is 1.75. The summed E-state index contributed by atoms with van der Waals surface area (Å²) < 4.78 is 39.7. The molecule has 5 heteroatoms. The van der Waals surface area contributed by atoms with Gasteiger partial charge >= 0.3 is 0 Å². The molecular formula is C13H9ClF3N. The first-order chi connectivity index (χ1) is 8.58. The highest BCUT2D eigenvalue weighted by molar-refractivity contribution is 6.31. The van der Waals surface area contributed by atoms with E-state index in [2.05, 4.69) is 5.32 Å². The van der Waals surface area contributed by atoms with Crippen molar-refractivity contribution >= 4 is 17.3 Å². The highest BCUT2D eigenvalue weighted by Gasteiger charge is 2.08. The van der Waals surface area contributed by atoms with Gasteiger partial charge in [-0.2, -0.15) is 0 Å². The van der Waals surface area contributed by atoms with Crippen LogP contribution in [0.3, 0.4) is 0 Å². The fraction of sp³-hybridized carbons (Fsp3) is 0.0769. The Morgan fingerprint density at radius 3 is 2.50 bits per heavy atom. The third-order valence-corrected chi connectivity index (χ3v) is 2.80. The summed E-state index contributed by atoms with van der Waals surface area (Å²) in [5, 5.41) is 2.85. The van der Waals surface area contributed by atoms with E-state index in [0.29, 0.717) is 0 Å². The molecule has 0 atom stereocenters. The van der Waals surface area contributed by atoms with Crippen LogP contribution in [0.4, 0.5) is 18.9 Å². The smallest absolute Gasteiger partial charge is 0.146 e. The molecule has 1 nitrogen and oxygen atoms in total. The SMILES string of the molecule is Fc1ccc(F)c(NCc2c(F)cccc2Cl)c1. The first-order valence-corrected chi connectivity index (χ1v) is 5.57. The molecule has 0 heterocycles. The quantitative estimate of drug-likeness (QED) is 0.874. The van der Waals surface area contributed by atoms with E-state index in [1.54, 1.807) is 0 Å².